The van der Waals surface area contributed by atoms with Crippen LogP contribution in [0.5, 0.6) is 0 Å². The Morgan fingerprint density at radius 1 is 0.970 bits per heavy atom. The Hall–Kier alpha value is -0.750. The third kappa shape index (κ3) is 1.88. The molecule has 2 unspecified atom stereocenters. The van der Waals surface area contributed by atoms with Crippen molar-refractivity contribution >= 4 is 5.78 Å². The van der Waals surface area contributed by atoms with E-state index in [1.165, 1.54) is 44.9 Å². The van der Waals surface area contributed by atoms with Gasteiger partial charge in [-0.3, -0.25) is 4.79 Å². The minimum Gasteiger partial charge on any atom is -0.391 e. The number of hydrogen-bond acceptors (Lipinski definition) is 5. The number of aliphatic hydroxyl groups is 3. The SMILES string of the molecule is C=C1C(=O)[C@]23[C@H](O)[C@H]1CC[C@H]2[C@@]12CO[C@@]3(O)[C@@H](O)[C@@H]1C(C)(C)[C@@]13CCCCCCCC1C2C3. The number of ether oxygens (including phenoxy) is 1. The van der Waals surface area contributed by atoms with Crippen molar-refractivity contribution < 1.29 is 24.9 Å². The molecule has 9 fully saturated rings. The molecule has 33 heavy (non-hydrogen) atoms. The molecule has 3 N–H and O–H groups in total. The van der Waals surface area contributed by atoms with E-state index in [0.717, 1.165) is 19.3 Å². The molecule has 9 aliphatic rings. The summed E-state index contributed by atoms with van der Waals surface area (Å²) in [6.45, 7) is 9.14. The van der Waals surface area contributed by atoms with Gasteiger partial charge in [-0.15, -0.1) is 0 Å². The summed E-state index contributed by atoms with van der Waals surface area (Å²) in [5.41, 5.74) is -1.39. The summed E-state index contributed by atoms with van der Waals surface area (Å²) in [6.07, 6.45) is 9.29. The Morgan fingerprint density at radius 2 is 1.70 bits per heavy atom. The molecule has 6 bridgehead atoms. The number of fused-ring (bicyclic) bond motifs is 2. The lowest BCUT2D eigenvalue weighted by Gasteiger charge is -2.84. The number of carbonyl (C=O) groups is 1. The molecular formula is C28H40O5. The van der Waals surface area contributed by atoms with E-state index < -0.39 is 23.4 Å². The van der Waals surface area contributed by atoms with Crippen molar-refractivity contribution in [3.05, 3.63) is 12.2 Å². The van der Waals surface area contributed by atoms with Crippen LogP contribution in [0.4, 0.5) is 0 Å². The monoisotopic (exact) mass is 456 g/mol. The van der Waals surface area contributed by atoms with Gasteiger partial charge in [-0.05, 0) is 66.3 Å². The van der Waals surface area contributed by atoms with Crippen LogP contribution in [0.1, 0.15) is 78.1 Å². The highest BCUT2D eigenvalue weighted by molar-refractivity contribution is 6.05. The number of aliphatic hydroxyl groups excluding tert-OH is 2. The minimum absolute atomic E-state index is 0.124. The third-order valence-corrected chi connectivity index (χ3v) is 13.0. The Morgan fingerprint density at radius 3 is 2.48 bits per heavy atom. The maximum atomic E-state index is 13.9. The van der Waals surface area contributed by atoms with E-state index in [1.807, 2.05) is 0 Å². The molecule has 182 valence electrons. The summed E-state index contributed by atoms with van der Waals surface area (Å²) in [5.74, 6) is -1.93. The third-order valence-electron chi connectivity index (χ3n) is 13.0. The average Bonchev–Trinajstić information content (AvgIpc) is 2.90. The second-order valence-corrected chi connectivity index (χ2v) is 13.5. The minimum atomic E-state index is -2.04. The normalized spacial score (nSPS) is 60.6. The molecule has 3 spiro atoms. The molecule has 11 atom stereocenters. The summed E-state index contributed by atoms with van der Waals surface area (Å²) >= 11 is 0. The van der Waals surface area contributed by atoms with Gasteiger partial charge in [-0.1, -0.05) is 52.5 Å². The summed E-state index contributed by atoms with van der Waals surface area (Å²) in [6, 6.07) is 0. The van der Waals surface area contributed by atoms with Crippen molar-refractivity contribution in [3.8, 4) is 0 Å². The van der Waals surface area contributed by atoms with Crippen LogP contribution in [0.25, 0.3) is 0 Å². The number of rotatable bonds is 0. The molecule has 0 amide bonds. The van der Waals surface area contributed by atoms with Gasteiger partial charge in [0.1, 0.15) is 11.5 Å². The zero-order chi connectivity index (χ0) is 23.2. The first kappa shape index (κ1) is 21.5. The van der Waals surface area contributed by atoms with Crippen LogP contribution in [-0.4, -0.2) is 45.7 Å². The molecule has 9 rings (SSSR count). The number of carbonyl (C=O) groups excluding carboxylic acids is 1. The van der Waals surface area contributed by atoms with E-state index in [9.17, 15) is 20.1 Å². The molecule has 2 saturated heterocycles. The standard InChI is InChI=1S/C28H40O5/c1-15-16-10-11-19-26-14-33-28(32,27(19,21(15)29)22(16)30)23(31)20(26)24(2,3)25-12-8-6-4-5-7-9-17(25)18(26)13-25/h16-20,22-23,30-32H,1,4-14H2,2-3H3/t16-,17?,18?,19-,20+,22+,23-,25+,26-,27-,28-/m0/s1. The van der Waals surface area contributed by atoms with Crippen molar-refractivity contribution in [1.82, 2.24) is 0 Å². The highest BCUT2D eigenvalue weighted by atomic mass is 16.6. The lowest BCUT2D eigenvalue weighted by atomic mass is 9.22. The van der Waals surface area contributed by atoms with Gasteiger partial charge in [-0.25, -0.2) is 0 Å². The van der Waals surface area contributed by atoms with Crippen molar-refractivity contribution in [2.45, 2.75) is 96.1 Å². The molecule has 7 saturated carbocycles. The van der Waals surface area contributed by atoms with Crippen LogP contribution in [0.2, 0.25) is 0 Å². The lowest BCUT2D eigenvalue weighted by Crippen LogP contribution is -2.89. The second kappa shape index (κ2) is 6.14. The Balaban J connectivity index is 1.45. The second-order valence-electron chi connectivity index (χ2n) is 13.5. The number of Topliss-reactive ketones (excluding diaryl/α,β-unsaturated/α-hetero) is 1. The predicted octanol–water partition coefficient (Wildman–Crippen LogP) is 3.60. The van der Waals surface area contributed by atoms with E-state index in [4.69, 9.17) is 4.74 Å². The fourth-order valence-corrected chi connectivity index (χ4v) is 11.9. The maximum absolute atomic E-state index is 13.9. The van der Waals surface area contributed by atoms with Crippen LogP contribution < -0.4 is 0 Å². The molecule has 2 aliphatic heterocycles. The van der Waals surface area contributed by atoms with Crippen molar-refractivity contribution in [3.63, 3.8) is 0 Å². The van der Waals surface area contributed by atoms with E-state index >= 15 is 0 Å². The first-order valence-electron chi connectivity index (χ1n) is 13.6. The van der Waals surface area contributed by atoms with Crippen LogP contribution in [-0.2, 0) is 9.53 Å². The van der Waals surface area contributed by atoms with Gasteiger partial charge in [0.2, 0.25) is 5.79 Å². The van der Waals surface area contributed by atoms with E-state index in [1.54, 1.807) is 0 Å². The predicted molar refractivity (Wildman–Crippen MR) is 122 cm³/mol. The van der Waals surface area contributed by atoms with Gasteiger partial charge >= 0.3 is 0 Å². The van der Waals surface area contributed by atoms with E-state index in [-0.39, 0.29) is 39.8 Å². The van der Waals surface area contributed by atoms with Crippen molar-refractivity contribution in [2.24, 2.45) is 51.2 Å². The first-order valence-corrected chi connectivity index (χ1v) is 13.6. The summed E-state index contributed by atoms with van der Waals surface area (Å²) in [7, 11) is 0. The Kier molecular flexibility index (Phi) is 4.00. The lowest BCUT2D eigenvalue weighted by molar-refractivity contribution is -0.486. The Bertz CT molecular complexity index is 943. The van der Waals surface area contributed by atoms with Crippen molar-refractivity contribution in [2.75, 3.05) is 6.61 Å². The van der Waals surface area contributed by atoms with Crippen molar-refractivity contribution in [1.29, 1.82) is 0 Å². The first-order chi connectivity index (χ1) is 15.6. The van der Waals surface area contributed by atoms with Crippen LogP contribution in [0, 0.1) is 51.2 Å². The maximum Gasteiger partial charge on any atom is 0.208 e. The zero-order valence-corrected chi connectivity index (χ0v) is 20.2. The molecule has 0 aromatic heterocycles. The van der Waals surface area contributed by atoms with Gasteiger partial charge < -0.3 is 20.1 Å². The summed E-state index contributed by atoms with van der Waals surface area (Å²) in [5, 5.41) is 35.7. The largest absolute Gasteiger partial charge is 0.391 e. The molecular weight excluding hydrogens is 416 g/mol. The average molecular weight is 457 g/mol. The van der Waals surface area contributed by atoms with E-state index in [0.29, 0.717) is 24.0 Å². The highest BCUT2D eigenvalue weighted by Crippen LogP contribution is 2.86. The molecule has 0 radical (unpaired) electrons. The molecule has 7 aliphatic carbocycles. The number of ketones is 1. The number of hydrogen-bond donors (Lipinski definition) is 3. The topological polar surface area (TPSA) is 87.0 Å². The van der Waals surface area contributed by atoms with E-state index in [2.05, 4.69) is 20.4 Å². The van der Waals surface area contributed by atoms with Crippen LogP contribution in [0.3, 0.4) is 0 Å². The van der Waals surface area contributed by atoms with Gasteiger partial charge in [0, 0.05) is 17.3 Å². The smallest absolute Gasteiger partial charge is 0.208 e. The molecule has 0 aromatic carbocycles. The molecule has 5 nitrogen and oxygen atoms in total. The molecule has 5 heteroatoms. The van der Waals surface area contributed by atoms with Crippen LogP contribution >= 0.6 is 0 Å². The van der Waals surface area contributed by atoms with Gasteiger partial charge in [0.15, 0.2) is 5.78 Å². The fourth-order valence-electron chi connectivity index (χ4n) is 11.9. The zero-order valence-electron chi connectivity index (χ0n) is 20.2. The van der Waals surface area contributed by atoms with Gasteiger partial charge in [0.05, 0.1) is 12.7 Å². The van der Waals surface area contributed by atoms with Gasteiger partial charge in [-0.2, -0.15) is 0 Å². The highest BCUT2D eigenvalue weighted by Gasteiger charge is 2.90. The molecule has 2 heterocycles. The Labute approximate surface area is 197 Å². The summed E-state index contributed by atoms with van der Waals surface area (Å²) in [4.78, 5) is 13.9. The summed E-state index contributed by atoms with van der Waals surface area (Å²) < 4.78 is 6.25. The van der Waals surface area contributed by atoms with Crippen LogP contribution in [0.15, 0.2) is 12.2 Å². The van der Waals surface area contributed by atoms with Gasteiger partial charge in [0.25, 0.3) is 0 Å². The fraction of sp³-hybridized carbons (Fsp3) is 0.893. The molecule has 0 aromatic rings. The quantitative estimate of drug-likeness (QED) is 0.485.